The highest BCUT2D eigenvalue weighted by atomic mass is 35.5. The van der Waals surface area contributed by atoms with Crippen molar-refractivity contribution in [3.8, 4) is 0 Å². The lowest BCUT2D eigenvalue weighted by molar-refractivity contribution is 0.465. The summed E-state index contributed by atoms with van der Waals surface area (Å²) in [7, 11) is 0. The van der Waals surface area contributed by atoms with Crippen LogP contribution in [0.3, 0.4) is 0 Å². The summed E-state index contributed by atoms with van der Waals surface area (Å²) in [5, 5.41) is 3.34. The molecule has 2 aromatic rings. The van der Waals surface area contributed by atoms with Crippen LogP contribution in [0.15, 0.2) is 16.8 Å². The van der Waals surface area contributed by atoms with Crippen molar-refractivity contribution in [1.29, 1.82) is 0 Å². The molecule has 0 amide bonds. The topological polar surface area (TPSA) is 63.8 Å². The van der Waals surface area contributed by atoms with Gasteiger partial charge in [0.1, 0.15) is 11.6 Å². The minimum atomic E-state index is 0.222. The van der Waals surface area contributed by atoms with E-state index in [2.05, 4.69) is 20.3 Å². The molecule has 0 saturated carbocycles. The van der Waals surface area contributed by atoms with E-state index in [1.807, 2.05) is 13.8 Å². The summed E-state index contributed by atoms with van der Waals surface area (Å²) in [6.07, 6.45) is 4.24. The van der Waals surface area contributed by atoms with Crippen LogP contribution in [0.2, 0.25) is 5.28 Å². The molecular formula is C11H13ClN4O. The van der Waals surface area contributed by atoms with Gasteiger partial charge in [0.05, 0.1) is 12.7 Å². The van der Waals surface area contributed by atoms with Crippen LogP contribution in [-0.4, -0.2) is 15.0 Å². The summed E-state index contributed by atoms with van der Waals surface area (Å²) < 4.78 is 5.47. The average Bonchev–Trinajstić information content (AvgIpc) is 2.78. The maximum atomic E-state index is 5.72. The quantitative estimate of drug-likeness (QED) is 0.848. The maximum absolute atomic E-state index is 5.72. The Bertz CT molecular complexity index is 512. The second kappa shape index (κ2) is 5.14. The molecule has 0 fully saturated rings. The Labute approximate surface area is 104 Å². The van der Waals surface area contributed by atoms with Crippen LogP contribution in [0.25, 0.3) is 0 Å². The minimum Gasteiger partial charge on any atom is -0.444 e. The molecule has 17 heavy (non-hydrogen) atoms. The van der Waals surface area contributed by atoms with Crippen LogP contribution in [0.1, 0.15) is 24.1 Å². The van der Waals surface area contributed by atoms with Crippen molar-refractivity contribution < 1.29 is 4.42 Å². The minimum absolute atomic E-state index is 0.222. The molecular weight excluding hydrogens is 240 g/mol. The number of nitrogens with one attached hydrogen (secondary N) is 1. The molecule has 0 unspecified atom stereocenters. The molecule has 0 aliphatic rings. The predicted octanol–water partition coefficient (Wildman–Crippen LogP) is 2.60. The molecule has 2 aromatic heterocycles. The van der Waals surface area contributed by atoms with E-state index in [0.717, 1.165) is 17.7 Å². The molecule has 6 heteroatoms. The van der Waals surface area contributed by atoms with Gasteiger partial charge in [-0.25, -0.2) is 15.0 Å². The van der Waals surface area contributed by atoms with Gasteiger partial charge < -0.3 is 9.73 Å². The molecule has 0 radical (unpaired) electrons. The zero-order valence-corrected chi connectivity index (χ0v) is 10.5. The van der Waals surface area contributed by atoms with Gasteiger partial charge in [-0.1, -0.05) is 6.92 Å². The van der Waals surface area contributed by atoms with Gasteiger partial charge in [0.15, 0.2) is 0 Å². The van der Waals surface area contributed by atoms with E-state index >= 15 is 0 Å². The van der Waals surface area contributed by atoms with Gasteiger partial charge in [0, 0.05) is 18.2 Å². The Balaban J connectivity index is 2.04. The number of halogens is 1. The number of aryl methyl sites for hydroxylation is 2. The summed E-state index contributed by atoms with van der Waals surface area (Å²) in [5.74, 6) is 2.21. The zero-order chi connectivity index (χ0) is 12.3. The van der Waals surface area contributed by atoms with Crippen LogP contribution in [0.5, 0.6) is 0 Å². The summed E-state index contributed by atoms with van der Waals surface area (Å²) >= 11 is 5.72. The fraction of sp³-hybridized carbons (Fsp3) is 0.364. The second-order valence-corrected chi connectivity index (χ2v) is 3.94. The van der Waals surface area contributed by atoms with Gasteiger partial charge in [0.2, 0.25) is 11.2 Å². The number of rotatable bonds is 4. The lowest BCUT2D eigenvalue weighted by Gasteiger charge is -2.05. The Morgan fingerprint density at radius 2 is 2.18 bits per heavy atom. The largest absolute Gasteiger partial charge is 0.444 e. The van der Waals surface area contributed by atoms with Crippen molar-refractivity contribution in [3.63, 3.8) is 0 Å². The van der Waals surface area contributed by atoms with Gasteiger partial charge in [-0.05, 0) is 18.5 Å². The van der Waals surface area contributed by atoms with E-state index in [4.69, 9.17) is 16.0 Å². The summed E-state index contributed by atoms with van der Waals surface area (Å²) in [6, 6.07) is 0. The van der Waals surface area contributed by atoms with Crippen molar-refractivity contribution >= 4 is 17.4 Å². The molecule has 5 nitrogen and oxygen atoms in total. The third-order valence-electron chi connectivity index (χ3n) is 2.30. The van der Waals surface area contributed by atoms with E-state index < -0.39 is 0 Å². The molecule has 0 bridgehead atoms. The molecule has 2 heterocycles. The number of hydrogen-bond donors (Lipinski definition) is 1. The van der Waals surface area contributed by atoms with Gasteiger partial charge in [-0.2, -0.15) is 0 Å². The number of nitrogens with zero attached hydrogens (tertiary/aromatic N) is 3. The summed E-state index contributed by atoms with van der Waals surface area (Å²) in [5.41, 5.74) is 0.927. The van der Waals surface area contributed by atoms with E-state index in [0.29, 0.717) is 18.3 Å². The molecule has 1 N–H and O–H groups in total. The third-order valence-corrected chi connectivity index (χ3v) is 2.48. The first-order valence-corrected chi connectivity index (χ1v) is 5.73. The van der Waals surface area contributed by atoms with Crippen LogP contribution >= 0.6 is 11.6 Å². The molecule has 0 spiro atoms. The Hall–Kier alpha value is -1.62. The van der Waals surface area contributed by atoms with E-state index in [-0.39, 0.29) is 5.28 Å². The third kappa shape index (κ3) is 2.94. The predicted molar refractivity (Wildman–Crippen MR) is 65.0 cm³/mol. The summed E-state index contributed by atoms with van der Waals surface area (Å²) in [6.45, 7) is 4.41. The van der Waals surface area contributed by atoms with Crippen molar-refractivity contribution in [2.24, 2.45) is 0 Å². The molecule has 90 valence electrons. The van der Waals surface area contributed by atoms with E-state index in [9.17, 15) is 0 Å². The van der Waals surface area contributed by atoms with Gasteiger partial charge in [-0.15, -0.1) is 0 Å². The lowest BCUT2D eigenvalue weighted by atomic mass is 10.3. The van der Waals surface area contributed by atoms with Gasteiger partial charge >= 0.3 is 0 Å². The van der Waals surface area contributed by atoms with Crippen molar-refractivity contribution in [2.45, 2.75) is 26.8 Å². The molecule has 0 aliphatic carbocycles. The number of hydrogen-bond acceptors (Lipinski definition) is 5. The Morgan fingerprint density at radius 1 is 1.35 bits per heavy atom. The first kappa shape index (κ1) is 11.9. The highest BCUT2D eigenvalue weighted by molar-refractivity contribution is 6.28. The van der Waals surface area contributed by atoms with Gasteiger partial charge in [0.25, 0.3) is 0 Å². The average molecular weight is 253 g/mol. The molecule has 0 saturated heterocycles. The first-order chi connectivity index (χ1) is 8.19. The van der Waals surface area contributed by atoms with Crippen LogP contribution in [0.4, 0.5) is 5.82 Å². The monoisotopic (exact) mass is 252 g/mol. The second-order valence-electron chi connectivity index (χ2n) is 3.60. The van der Waals surface area contributed by atoms with Crippen molar-refractivity contribution in [3.05, 3.63) is 34.9 Å². The molecule has 0 atom stereocenters. The standard InChI is InChI=1S/C11H13ClN4O/c1-3-8-5-13-9(17-8)6-14-10-7(2)4-15-11(12)16-10/h4-5H,3,6H2,1-2H3,(H,14,15,16). The van der Waals surface area contributed by atoms with Gasteiger partial charge in [-0.3, -0.25) is 0 Å². The normalized spacial score (nSPS) is 10.5. The van der Waals surface area contributed by atoms with Crippen LogP contribution in [-0.2, 0) is 13.0 Å². The molecule has 0 aliphatic heterocycles. The highest BCUT2D eigenvalue weighted by Crippen LogP contribution is 2.14. The maximum Gasteiger partial charge on any atom is 0.224 e. The SMILES string of the molecule is CCc1cnc(CNc2nc(Cl)ncc2C)o1. The summed E-state index contributed by atoms with van der Waals surface area (Å²) in [4.78, 5) is 12.1. The lowest BCUT2D eigenvalue weighted by Crippen LogP contribution is -2.04. The fourth-order valence-corrected chi connectivity index (χ4v) is 1.49. The Kier molecular flexibility index (Phi) is 3.58. The van der Waals surface area contributed by atoms with Crippen LogP contribution < -0.4 is 5.32 Å². The van der Waals surface area contributed by atoms with Crippen molar-refractivity contribution in [2.75, 3.05) is 5.32 Å². The van der Waals surface area contributed by atoms with E-state index in [1.165, 1.54) is 0 Å². The van der Waals surface area contributed by atoms with Crippen molar-refractivity contribution in [1.82, 2.24) is 15.0 Å². The van der Waals surface area contributed by atoms with E-state index in [1.54, 1.807) is 12.4 Å². The fourth-order valence-electron chi connectivity index (χ4n) is 1.35. The Morgan fingerprint density at radius 3 is 2.88 bits per heavy atom. The smallest absolute Gasteiger partial charge is 0.224 e. The number of aromatic nitrogens is 3. The molecule has 2 rings (SSSR count). The van der Waals surface area contributed by atoms with Crippen LogP contribution in [0, 0.1) is 6.92 Å². The molecule has 0 aromatic carbocycles. The zero-order valence-electron chi connectivity index (χ0n) is 9.70. The number of anilines is 1. The number of oxazole rings is 1. The first-order valence-electron chi connectivity index (χ1n) is 5.35. The highest BCUT2D eigenvalue weighted by Gasteiger charge is 2.05.